The summed E-state index contributed by atoms with van der Waals surface area (Å²) in [6.45, 7) is 1.75. The van der Waals surface area contributed by atoms with Gasteiger partial charge in [-0.3, -0.25) is 9.36 Å². The summed E-state index contributed by atoms with van der Waals surface area (Å²) >= 11 is 7.35. The molecule has 28 heavy (non-hydrogen) atoms. The van der Waals surface area contributed by atoms with Crippen molar-refractivity contribution in [1.82, 2.24) is 14.9 Å². The molecule has 1 saturated heterocycles. The fourth-order valence-corrected chi connectivity index (χ4v) is 4.18. The summed E-state index contributed by atoms with van der Waals surface area (Å²) in [5.41, 5.74) is 2.37. The second-order valence-electron chi connectivity index (χ2n) is 6.62. The predicted molar refractivity (Wildman–Crippen MR) is 113 cm³/mol. The maximum absolute atomic E-state index is 13.0. The molecule has 0 aliphatic carbocycles. The third kappa shape index (κ3) is 3.20. The Hall–Kier alpha value is -2.67. The van der Waals surface area contributed by atoms with Crippen molar-refractivity contribution in [3.63, 3.8) is 0 Å². The molecular weight excluding hydrogens is 394 g/mol. The summed E-state index contributed by atoms with van der Waals surface area (Å²) in [7, 11) is 0. The molecule has 1 N–H and O–H groups in total. The minimum atomic E-state index is -0.0768. The van der Waals surface area contributed by atoms with E-state index >= 15 is 0 Å². The van der Waals surface area contributed by atoms with Crippen molar-refractivity contribution in [3.8, 4) is 22.0 Å². The lowest BCUT2D eigenvalue weighted by molar-refractivity contribution is 0.142. The molecule has 0 atom stereocenters. The maximum atomic E-state index is 13.0. The van der Waals surface area contributed by atoms with Crippen molar-refractivity contribution in [1.29, 1.82) is 0 Å². The van der Waals surface area contributed by atoms with Gasteiger partial charge in [-0.1, -0.05) is 23.7 Å². The van der Waals surface area contributed by atoms with Crippen LogP contribution in [0.3, 0.4) is 0 Å². The monoisotopic (exact) mass is 409 g/mol. The SMILES string of the molecule is O=c1c2sc(-c3ccc(Cl)cc3)nc2ccn1-c1ccc(OC2CNC2)cc1. The number of hydrogen-bond donors (Lipinski definition) is 1. The fraction of sp³-hybridized carbons (Fsp3) is 0.143. The molecule has 2 aromatic heterocycles. The Balaban J connectivity index is 1.49. The highest BCUT2D eigenvalue weighted by molar-refractivity contribution is 7.21. The number of halogens is 1. The minimum absolute atomic E-state index is 0.0768. The molecule has 0 radical (unpaired) electrons. The fourth-order valence-electron chi connectivity index (χ4n) is 3.06. The van der Waals surface area contributed by atoms with Gasteiger partial charge in [-0.15, -0.1) is 11.3 Å². The molecule has 3 heterocycles. The molecule has 0 saturated carbocycles. The first kappa shape index (κ1) is 17.4. The molecule has 4 aromatic rings. The Morgan fingerprint density at radius 1 is 1.07 bits per heavy atom. The number of hydrogen-bond acceptors (Lipinski definition) is 5. The third-order valence-electron chi connectivity index (χ3n) is 4.70. The average Bonchev–Trinajstić information content (AvgIpc) is 3.12. The summed E-state index contributed by atoms with van der Waals surface area (Å²) in [4.78, 5) is 17.6. The predicted octanol–water partition coefficient (Wildman–Crippen LogP) is 4.12. The van der Waals surface area contributed by atoms with E-state index in [1.54, 1.807) is 10.8 Å². The topological polar surface area (TPSA) is 56.2 Å². The largest absolute Gasteiger partial charge is 0.488 e. The summed E-state index contributed by atoms with van der Waals surface area (Å²) in [5, 5.41) is 4.66. The summed E-state index contributed by atoms with van der Waals surface area (Å²) in [5.74, 6) is 0.812. The summed E-state index contributed by atoms with van der Waals surface area (Å²) < 4.78 is 8.11. The number of pyridine rings is 1. The Morgan fingerprint density at radius 2 is 1.82 bits per heavy atom. The summed E-state index contributed by atoms with van der Waals surface area (Å²) in [6.07, 6.45) is 2.00. The van der Waals surface area contributed by atoms with Gasteiger partial charge in [0.1, 0.15) is 21.6 Å². The molecule has 140 valence electrons. The van der Waals surface area contributed by atoms with Crippen LogP contribution in [0.5, 0.6) is 5.75 Å². The van der Waals surface area contributed by atoms with Gasteiger partial charge in [0.15, 0.2) is 0 Å². The molecule has 5 rings (SSSR count). The number of benzene rings is 2. The number of ether oxygens (including phenoxy) is 1. The van der Waals surface area contributed by atoms with Crippen molar-refractivity contribution in [2.45, 2.75) is 6.10 Å². The quantitative estimate of drug-likeness (QED) is 0.551. The van der Waals surface area contributed by atoms with Gasteiger partial charge in [0.05, 0.1) is 5.52 Å². The highest BCUT2D eigenvalue weighted by Crippen LogP contribution is 2.29. The van der Waals surface area contributed by atoms with E-state index in [9.17, 15) is 4.79 Å². The normalized spacial score (nSPS) is 14.2. The van der Waals surface area contributed by atoms with Crippen LogP contribution < -0.4 is 15.6 Å². The number of rotatable bonds is 4. The van der Waals surface area contributed by atoms with Crippen molar-refractivity contribution in [3.05, 3.63) is 76.2 Å². The number of nitrogens with zero attached hydrogens (tertiary/aromatic N) is 2. The van der Waals surface area contributed by atoms with E-state index in [-0.39, 0.29) is 11.7 Å². The standard InChI is InChI=1S/C21H16ClN3O2S/c22-14-3-1-13(2-4-14)20-24-18-9-10-25(21(26)19(18)28-20)15-5-7-16(8-6-15)27-17-11-23-12-17/h1-10,17,23H,11-12H2. The van der Waals surface area contributed by atoms with Crippen molar-refractivity contribution in [2.75, 3.05) is 13.1 Å². The molecule has 0 bridgehead atoms. The van der Waals surface area contributed by atoms with Gasteiger partial charge in [-0.2, -0.15) is 0 Å². The molecule has 0 unspecified atom stereocenters. The second kappa shape index (κ2) is 7.05. The van der Waals surface area contributed by atoms with E-state index in [4.69, 9.17) is 16.3 Å². The van der Waals surface area contributed by atoms with Gasteiger partial charge >= 0.3 is 0 Å². The van der Waals surface area contributed by atoms with Crippen LogP contribution in [0.1, 0.15) is 0 Å². The molecule has 5 nitrogen and oxygen atoms in total. The van der Waals surface area contributed by atoms with Gasteiger partial charge < -0.3 is 10.1 Å². The zero-order valence-electron chi connectivity index (χ0n) is 14.8. The number of aromatic nitrogens is 2. The van der Waals surface area contributed by atoms with Crippen LogP contribution in [-0.4, -0.2) is 28.7 Å². The Labute approximate surface area is 170 Å². The van der Waals surface area contributed by atoms with E-state index < -0.39 is 0 Å². The molecule has 0 amide bonds. The van der Waals surface area contributed by atoms with E-state index in [0.29, 0.717) is 15.2 Å². The Kier molecular flexibility index (Phi) is 4.39. The zero-order valence-corrected chi connectivity index (χ0v) is 16.3. The number of nitrogens with one attached hydrogen (secondary N) is 1. The van der Waals surface area contributed by atoms with Gasteiger partial charge in [0, 0.05) is 35.6 Å². The molecule has 1 aliphatic rings. The van der Waals surface area contributed by atoms with Crippen molar-refractivity contribution < 1.29 is 4.74 Å². The summed E-state index contributed by atoms with van der Waals surface area (Å²) in [6, 6.07) is 16.9. The van der Waals surface area contributed by atoms with Crippen LogP contribution in [0.4, 0.5) is 0 Å². The van der Waals surface area contributed by atoms with Crippen LogP contribution in [0.2, 0.25) is 5.02 Å². The van der Waals surface area contributed by atoms with E-state index in [1.165, 1.54) is 11.3 Å². The molecule has 7 heteroatoms. The first-order chi connectivity index (χ1) is 13.7. The smallest absolute Gasteiger partial charge is 0.274 e. The lowest BCUT2D eigenvalue weighted by Crippen LogP contribution is -2.50. The van der Waals surface area contributed by atoms with E-state index in [1.807, 2.05) is 54.6 Å². The van der Waals surface area contributed by atoms with E-state index in [0.717, 1.165) is 35.1 Å². The lowest BCUT2D eigenvalue weighted by atomic mass is 10.2. The van der Waals surface area contributed by atoms with Gasteiger partial charge in [-0.25, -0.2) is 4.98 Å². The highest BCUT2D eigenvalue weighted by Gasteiger charge is 2.18. The third-order valence-corrected chi connectivity index (χ3v) is 6.06. The maximum Gasteiger partial charge on any atom is 0.274 e. The Bertz CT molecular complexity index is 1200. The van der Waals surface area contributed by atoms with Crippen LogP contribution in [0, 0.1) is 0 Å². The van der Waals surface area contributed by atoms with Crippen molar-refractivity contribution >= 4 is 33.2 Å². The second-order valence-corrected chi connectivity index (χ2v) is 8.06. The van der Waals surface area contributed by atoms with Crippen LogP contribution >= 0.6 is 22.9 Å². The van der Waals surface area contributed by atoms with Gasteiger partial charge in [0.2, 0.25) is 0 Å². The van der Waals surface area contributed by atoms with E-state index in [2.05, 4.69) is 10.3 Å². The number of thiazole rings is 1. The number of fused-ring (bicyclic) bond motifs is 1. The highest BCUT2D eigenvalue weighted by atomic mass is 35.5. The van der Waals surface area contributed by atoms with Crippen molar-refractivity contribution in [2.24, 2.45) is 0 Å². The minimum Gasteiger partial charge on any atom is -0.488 e. The lowest BCUT2D eigenvalue weighted by Gasteiger charge is -2.27. The molecular formula is C21H16ClN3O2S. The van der Waals surface area contributed by atoms with Gasteiger partial charge in [0.25, 0.3) is 5.56 Å². The zero-order chi connectivity index (χ0) is 19.1. The first-order valence-electron chi connectivity index (χ1n) is 8.93. The van der Waals surface area contributed by atoms with Crippen LogP contribution in [0.15, 0.2) is 65.6 Å². The van der Waals surface area contributed by atoms with Gasteiger partial charge in [-0.05, 0) is 42.5 Å². The van der Waals surface area contributed by atoms with Crippen LogP contribution in [-0.2, 0) is 0 Å². The molecule has 1 aliphatic heterocycles. The van der Waals surface area contributed by atoms with Crippen LogP contribution in [0.25, 0.3) is 26.5 Å². The molecule has 1 fully saturated rings. The average molecular weight is 410 g/mol. The molecule has 0 spiro atoms. The molecule has 2 aromatic carbocycles. The first-order valence-corrected chi connectivity index (χ1v) is 10.1. The Morgan fingerprint density at radius 3 is 2.50 bits per heavy atom.